The first-order valence-corrected chi connectivity index (χ1v) is 4.94. The SMILES string of the molecule is OCc1ccc(Oc2cccc(O)c2)cc1. The standard InChI is InChI=1S/C13H12O3/c14-9-10-4-6-12(7-5-10)16-13-3-1-2-11(15)8-13/h1-8,14-15H,9H2. The third kappa shape index (κ3) is 2.52. The van der Waals surface area contributed by atoms with E-state index < -0.39 is 0 Å². The van der Waals surface area contributed by atoms with Crippen LogP contribution < -0.4 is 4.74 Å². The summed E-state index contributed by atoms with van der Waals surface area (Å²) in [5.41, 5.74) is 0.836. The Morgan fingerprint density at radius 1 is 0.938 bits per heavy atom. The smallest absolute Gasteiger partial charge is 0.131 e. The number of hydrogen-bond acceptors (Lipinski definition) is 3. The van der Waals surface area contributed by atoms with Crippen molar-refractivity contribution >= 4 is 0 Å². The maximum Gasteiger partial charge on any atom is 0.131 e. The first-order chi connectivity index (χ1) is 7.78. The number of ether oxygens (including phenoxy) is 1. The van der Waals surface area contributed by atoms with E-state index in [0.717, 1.165) is 5.56 Å². The molecular weight excluding hydrogens is 204 g/mol. The van der Waals surface area contributed by atoms with Gasteiger partial charge in [-0.3, -0.25) is 0 Å². The second-order valence-corrected chi connectivity index (χ2v) is 3.40. The van der Waals surface area contributed by atoms with Gasteiger partial charge < -0.3 is 14.9 Å². The summed E-state index contributed by atoms with van der Waals surface area (Å²) in [7, 11) is 0. The minimum atomic E-state index is 0.0202. The summed E-state index contributed by atoms with van der Waals surface area (Å²) in [6.07, 6.45) is 0. The monoisotopic (exact) mass is 216 g/mol. The predicted octanol–water partition coefficient (Wildman–Crippen LogP) is 2.68. The van der Waals surface area contributed by atoms with Gasteiger partial charge in [0.1, 0.15) is 17.2 Å². The molecule has 0 aromatic heterocycles. The minimum Gasteiger partial charge on any atom is -0.508 e. The van der Waals surface area contributed by atoms with E-state index in [4.69, 9.17) is 9.84 Å². The molecule has 2 aromatic rings. The minimum absolute atomic E-state index is 0.0202. The third-order valence-corrected chi connectivity index (χ3v) is 2.16. The molecule has 82 valence electrons. The number of phenolic OH excluding ortho intramolecular Hbond substituents is 1. The largest absolute Gasteiger partial charge is 0.508 e. The lowest BCUT2D eigenvalue weighted by atomic mass is 10.2. The molecule has 16 heavy (non-hydrogen) atoms. The van der Waals surface area contributed by atoms with Crippen LogP contribution in [0.3, 0.4) is 0 Å². The fraction of sp³-hybridized carbons (Fsp3) is 0.0769. The van der Waals surface area contributed by atoms with Crippen molar-refractivity contribution in [1.29, 1.82) is 0 Å². The second-order valence-electron chi connectivity index (χ2n) is 3.40. The molecule has 0 bridgehead atoms. The lowest BCUT2D eigenvalue weighted by Gasteiger charge is -2.06. The van der Waals surface area contributed by atoms with E-state index in [-0.39, 0.29) is 12.4 Å². The van der Waals surface area contributed by atoms with Crippen LogP contribution in [0.5, 0.6) is 17.2 Å². The predicted molar refractivity (Wildman–Crippen MR) is 60.5 cm³/mol. The van der Waals surface area contributed by atoms with Crippen LogP contribution in [0.25, 0.3) is 0 Å². The summed E-state index contributed by atoms with van der Waals surface area (Å²) < 4.78 is 5.52. The Hall–Kier alpha value is -2.00. The van der Waals surface area contributed by atoms with E-state index in [2.05, 4.69) is 0 Å². The van der Waals surface area contributed by atoms with Crippen LogP contribution in [0.1, 0.15) is 5.56 Å². The molecule has 3 heteroatoms. The summed E-state index contributed by atoms with van der Waals surface area (Å²) in [6.45, 7) is 0.0202. The summed E-state index contributed by atoms with van der Waals surface area (Å²) >= 11 is 0. The Balaban J connectivity index is 2.14. The van der Waals surface area contributed by atoms with Gasteiger partial charge in [0.05, 0.1) is 6.61 Å². The zero-order valence-electron chi connectivity index (χ0n) is 8.63. The van der Waals surface area contributed by atoms with Crippen molar-refractivity contribution in [2.75, 3.05) is 0 Å². The van der Waals surface area contributed by atoms with E-state index in [9.17, 15) is 5.11 Å². The lowest BCUT2D eigenvalue weighted by Crippen LogP contribution is -1.85. The highest BCUT2D eigenvalue weighted by atomic mass is 16.5. The van der Waals surface area contributed by atoms with Crippen LogP contribution in [0.15, 0.2) is 48.5 Å². The highest BCUT2D eigenvalue weighted by molar-refractivity contribution is 5.36. The first kappa shape index (κ1) is 10.5. The molecule has 0 unspecified atom stereocenters. The Morgan fingerprint density at radius 3 is 2.31 bits per heavy atom. The van der Waals surface area contributed by atoms with E-state index in [1.54, 1.807) is 48.5 Å². The van der Waals surface area contributed by atoms with Gasteiger partial charge in [0, 0.05) is 6.07 Å². The quantitative estimate of drug-likeness (QED) is 0.829. The number of phenols is 1. The van der Waals surface area contributed by atoms with Crippen LogP contribution in [0, 0.1) is 0 Å². The van der Waals surface area contributed by atoms with Gasteiger partial charge in [0.2, 0.25) is 0 Å². The number of aliphatic hydroxyl groups is 1. The van der Waals surface area contributed by atoms with Gasteiger partial charge in [-0.05, 0) is 29.8 Å². The molecule has 0 saturated heterocycles. The van der Waals surface area contributed by atoms with Gasteiger partial charge >= 0.3 is 0 Å². The van der Waals surface area contributed by atoms with Gasteiger partial charge in [-0.15, -0.1) is 0 Å². The van der Waals surface area contributed by atoms with Gasteiger partial charge in [0.15, 0.2) is 0 Å². The van der Waals surface area contributed by atoms with Gasteiger partial charge in [-0.25, -0.2) is 0 Å². The molecule has 0 atom stereocenters. The van der Waals surface area contributed by atoms with Crippen molar-refractivity contribution in [3.8, 4) is 17.2 Å². The number of aliphatic hydroxyl groups excluding tert-OH is 1. The highest BCUT2D eigenvalue weighted by Gasteiger charge is 1.98. The van der Waals surface area contributed by atoms with Gasteiger partial charge in [0.25, 0.3) is 0 Å². The van der Waals surface area contributed by atoms with Gasteiger partial charge in [-0.1, -0.05) is 18.2 Å². The van der Waals surface area contributed by atoms with Crippen LogP contribution in [0.4, 0.5) is 0 Å². The van der Waals surface area contributed by atoms with E-state index in [1.807, 2.05) is 0 Å². The lowest BCUT2D eigenvalue weighted by molar-refractivity contribution is 0.281. The number of rotatable bonds is 3. The van der Waals surface area contributed by atoms with Crippen molar-refractivity contribution < 1.29 is 14.9 Å². The molecular formula is C13H12O3. The van der Waals surface area contributed by atoms with Gasteiger partial charge in [-0.2, -0.15) is 0 Å². The van der Waals surface area contributed by atoms with Crippen molar-refractivity contribution in [2.24, 2.45) is 0 Å². The third-order valence-electron chi connectivity index (χ3n) is 2.16. The molecule has 2 N–H and O–H groups in total. The Morgan fingerprint density at radius 2 is 1.69 bits per heavy atom. The fourth-order valence-corrected chi connectivity index (χ4v) is 1.35. The Labute approximate surface area is 93.6 Å². The maximum atomic E-state index is 9.26. The Kier molecular flexibility index (Phi) is 3.08. The van der Waals surface area contributed by atoms with Crippen LogP contribution in [-0.4, -0.2) is 10.2 Å². The molecule has 0 heterocycles. The van der Waals surface area contributed by atoms with Crippen molar-refractivity contribution in [3.05, 3.63) is 54.1 Å². The number of hydrogen-bond donors (Lipinski definition) is 2. The Bertz CT molecular complexity index is 463. The maximum absolute atomic E-state index is 9.26. The molecule has 0 radical (unpaired) electrons. The highest BCUT2D eigenvalue weighted by Crippen LogP contribution is 2.24. The average Bonchev–Trinajstić information content (AvgIpc) is 2.30. The number of aromatic hydroxyl groups is 1. The zero-order chi connectivity index (χ0) is 11.4. The molecule has 0 fully saturated rings. The fourth-order valence-electron chi connectivity index (χ4n) is 1.35. The second kappa shape index (κ2) is 4.68. The normalized spacial score (nSPS) is 10.1. The van der Waals surface area contributed by atoms with Crippen molar-refractivity contribution in [2.45, 2.75) is 6.61 Å². The average molecular weight is 216 g/mol. The van der Waals surface area contributed by atoms with Crippen LogP contribution in [0.2, 0.25) is 0 Å². The molecule has 0 saturated carbocycles. The molecule has 0 spiro atoms. The topological polar surface area (TPSA) is 49.7 Å². The van der Waals surface area contributed by atoms with Crippen molar-refractivity contribution in [1.82, 2.24) is 0 Å². The summed E-state index contributed by atoms with van der Waals surface area (Å²) in [4.78, 5) is 0. The van der Waals surface area contributed by atoms with Crippen LogP contribution >= 0.6 is 0 Å². The summed E-state index contributed by atoms with van der Waals surface area (Å²) in [5, 5.41) is 18.1. The molecule has 0 amide bonds. The molecule has 0 aliphatic rings. The van der Waals surface area contributed by atoms with E-state index in [0.29, 0.717) is 11.5 Å². The molecule has 2 rings (SSSR count). The van der Waals surface area contributed by atoms with E-state index in [1.165, 1.54) is 0 Å². The molecule has 0 aliphatic heterocycles. The molecule has 2 aromatic carbocycles. The zero-order valence-corrected chi connectivity index (χ0v) is 8.63. The van der Waals surface area contributed by atoms with Crippen molar-refractivity contribution in [3.63, 3.8) is 0 Å². The molecule has 3 nitrogen and oxygen atoms in total. The molecule has 0 aliphatic carbocycles. The first-order valence-electron chi connectivity index (χ1n) is 4.94. The van der Waals surface area contributed by atoms with Crippen LogP contribution in [-0.2, 0) is 6.61 Å². The summed E-state index contributed by atoms with van der Waals surface area (Å²) in [6, 6.07) is 13.7. The van der Waals surface area contributed by atoms with E-state index >= 15 is 0 Å². The number of benzene rings is 2. The summed E-state index contributed by atoms with van der Waals surface area (Å²) in [5.74, 6) is 1.42.